The summed E-state index contributed by atoms with van der Waals surface area (Å²) in [6.07, 6.45) is 6.87. The van der Waals surface area contributed by atoms with E-state index in [4.69, 9.17) is 4.74 Å². The van der Waals surface area contributed by atoms with Crippen LogP contribution in [0.4, 0.5) is 0 Å². The van der Waals surface area contributed by atoms with Crippen LogP contribution in [0.15, 0.2) is 16.3 Å². The Bertz CT molecular complexity index is 643. The molecule has 1 aromatic heterocycles. The first-order chi connectivity index (χ1) is 12.5. The molecular weight excluding hydrogens is 332 g/mol. The summed E-state index contributed by atoms with van der Waals surface area (Å²) in [4.78, 5) is 14.6. The van der Waals surface area contributed by atoms with Crippen LogP contribution in [-0.4, -0.2) is 59.0 Å². The number of carbonyl (C=O) groups is 1. The number of hydrogen-bond acceptors (Lipinski definition) is 6. The maximum atomic E-state index is 12.1. The number of ether oxygens (including phenoxy) is 1. The standard InChI is InChI=1S/C19H30N4O3/c1-14(2)5-9-23-10-7-19(8-11-23)6-4-16(25-19)13-20-18(24)12-17-15(3)21-26-22-17/h5,16H,4,6-13H2,1-3H3,(H,20,24)/t16-/m0/s1. The number of nitrogens with zero attached hydrogens (tertiary/aromatic N) is 3. The van der Waals surface area contributed by atoms with Crippen molar-refractivity contribution in [2.75, 3.05) is 26.2 Å². The third-order valence-corrected chi connectivity index (χ3v) is 5.46. The Morgan fingerprint density at radius 1 is 1.31 bits per heavy atom. The summed E-state index contributed by atoms with van der Waals surface area (Å²) in [6, 6.07) is 0. The smallest absolute Gasteiger partial charge is 0.226 e. The van der Waals surface area contributed by atoms with E-state index in [0.29, 0.717) is 17.9 Å². The highest BCUT2D eigenvalue weighted by Crippen LogP contribution is 2.38. The van der Waals surface area contributed by atoms with E-state index in [9.17, 15) is 4.79 Å². The average molecular weight is 362 g/mol. The first kappa shape index (κ1) is 19.0. The normalized spacial score (nSPS) is 22.5. The summed E-state index contributed by atoms with van der Waals surface area (Å²) in [6.45, 7) is 9.84. The zero-order valence-corrected chi connectivity index (χ0v) is 16.1. The van der Waals surface area contributed by atoms with Crippen molar-refractivity contribution in [1.29, 1.82) is 0 Å². The molecule has 0 aliphatic carbocycles. The van der Waals surface area contributed by atoms with Gasteiger partial charge in [0, 0.05) is 26.2 Å². The number of likely N-dealkylation sites (tertiary alicyclic amines) is 1. The molecule has 0 unspecified atom stereocenters. The number of amides is 1. The second-order valence-corrected chi connectivity index (χ2v) is 7.82. The largest absolute Gasteiger partial charge is 0.370 e. The average Bonchev–Trinajstić information content (AvgIpc) is 3.20. The molecule has 1 atom stereocenters. The fourth-order valence-electron chi connectivity index (χ4n) is 3.71. The van der Waals surface area contributed by atoms with Gasteiger partial charge in [0.1, 0.15) is 11.4 Å². The highest BCUT2D eigenvalue weighted by atomic mass is 16.6. The molecule has 1 spiro atoms. The number of piperidine rings is 1. The molecule has 7 nitrogen and oxygen atoms in total. The lowest BCUT2D eigenvalue weighted by Gasteiger charge is -2.39. The lowest BCUT2D eigenvalue weighted by molar-refractivity contribution is -0.122. The van der Waals surface area contributed by atoms with Crippen molar-refractivity contribution in [3.8, 4) is 0 Å². The molecule has 1 aromatic rings. The Kier molecular flexibility index (Phi) is 6.09. The molecular formula is C19H30N4O3. The molecule has 144 valence electrons. The number of nitrogens with one attached hydrogen (secondary N) is 1. The molecule has 1 N–H and O–H groups in total. The summed E-state index contributed by atoms with van der Waals surface area (Å²) < 4.78 is 11.0. The van der Waals surface area contributed by atoms with Gasteiger partial charge in [-0.25, -0.2) is 4.63 Å². The summed E-state index contributed by atoms with van der Waals surface area (Å²) >= 11 is 0. The minimum absolute atomic E-state index is 0.0174. The van der Waals surface area contributed by atoms with Crippen LogP contribution in [0.5, 0.6) is 0 Å². The predicted molar refractivity (Wildman–Crippen MR) is 97.7 cm³/mol. The van der Waals surface area contributed by atoms with Crippen LogP contribution in [0.1, 0.15) is 50.9 Å². The quantitative estimate of drug-likeness (QED) is 0.780. The highest BCUT2D eigenvalue weighted by molar-refractivity contribution is 5.78. The first-order valence-electron chi connectivity index (χ1n) is 9.54. The summed E-state index contributed by atoms with van der Waals surface area (Å²) in [5.41, 5.74) is 2.64. The Hall–Kier alpha value is -1.73. The van der Waals surface area contributed by atoms with E-state index in [0.717, 1.165) is 45.3 Å². The Morgan fingerprint density at radius 3 is 2.73 bits per heavy atom. The lowest BCUT2D eigenvalue weighted by atomic mass is 9.88. The molecule has 0 radical (unpaired) electrons. The van der Waals surface area contributed by atoms with Crippen molar-refractivity contribution in [2.24, 2.45) is 0 Å². The van der Waals surface area contributed by atoms with Gasteiger partial charge in [-0.15, -0.1) is 0 Å². The van der Waals surface area contributed by atoms with Gasteiger partial charge in [-0.3, -0.25) is 9.69 Å². The van der Waals surface area contributed by atoms with Crippen molar-refractivity contribution >= 4 is 5.91 Å². The number of aromatic nitrogens is 2. The van der Waals surface area contributed by atoms with Crippen LogP contribution in [0.25, 0.3) is 0 Å². The van der Waals surface area contributed by atoms with E-state index in [2.05, 4.69) is 45.1 Å². The minimum Gasteiger partial charge on any atom is -0.370 e. The van der Waals surface area contributed by atoms with E-state index >= 15 is 0 Å². The van der Waals surface area contributed by atoms with Gasteiger partial charge in [-0.1, -0.05) is 22.0 Å². The third kappa shape index (κ3) is 4.92. The maximum Gasteiger partial charge on any atom is 0.226 e. The van der Waals surface area contributed by atoms with Crippen molar-refractivity contribution < 1.29 is 14.2 Å². The van der Waals surface area contributed by atoms with E-state index < -0.39 is 0 Å². The van der Waals surface area contributed by atoms with Gasteiger partial charge >= 0.3 is 0 Å². The SMILES string of the molecule is CC(C)=CCN1CCC2(CC[C@@H](CNC(=O)Cc3nonc3C)O2)CC1. The lowest BCUT2D eigenvalue weighted by Crippen LogP contribution is -2.45. The number of allylic oxidation sites excluding steroid dienone is 1. The van der Waals surface area contributed by atoms with E-state index in [1.165, 1.54) is 5.57 Å². The molecule has 3 rings (SSSR count). The topological polar surface area (TPSA) is 80.5 Å². The van der Waals surface area contributed by atoms with Gasteiger partial charge in [-0.2, -0.15) is 0 Å². The Balaban J connectivity index is 1.39. The van der Waals surface area contributed by atoms with Crippen molar-refractivity contribution in [1.82, 2.24) is 20.5 Å². The summed E-state index contributed by atoms with van der Waals surface area (Å²) in [5, 5.41) is 10.4. The third-order valence-electron chi connectivity index (χ3n) is 5.46. The van der Waals surface area contributed by atoms with Gasteiger partial charge < -0.3 is 10.1 Å². The number of hydrogen-bond donors (Lipinski definition) is 1. The molecule has 2 aliphatic heterocycles. The molecule has 3 heterocycles. The van der Waals surface area contributed by atoms with Gasteiger partial charge in [0.25, 0.3) is 0 Å². The maximum absolute atomic E-state index is 12.1. The van der Waals surface area contributed by atoms with Gasteiger partial charge in [0.05, 0.1) is 18.1 Å². The van der Waals surface area contributed by atoms with Crippen LogP contribution >= 0.6 is 0 Å². The summed E-state index contributed by atoms with van der Waals surface area (Å²) in [5.74, 6) is -0.0649. The van der Waals surface area contributed by atoms with Crippen molar-refractivity contribution in [2.45, 2.75) is 64.6 Å². The van der Waals surface area contributed by atoms with E-state index in [1.807, 2.05) is 0 Å². The Morgan fingerprint density at radius 2 is 2.08 bits per heavy atom. The second-order valence-electron chi connectivity index (χ2n) is 7.82. The molecule has 2 saturated heterocycles. The van der Waals surface area contributed by atoms with Crippen LogP contribution in [0, 0.1) is 6.92 Å². The Labute approximate surface area is 155 Å². The molecule has 0 bridgehead atoms. The fraction of sp³-hybridized carbons (Fsp3) is 0.737. The molecule has 2 aliphatic rings. The molecule has 7 heteroatoms. The molecule has 0 saturated carbocycles. The van der Waals surface area contributed by atoms with E-state index in [-0.39, 0.29) is 24.0 Å². The monoisotopic (exact) mass is 362 g/mol. The summed E-state index contributed by atoms with van der Waals surface area (Å²) in [7, 11) is 0. The second kappa shape index (κ2) is 8.31. The van der Waals surface area contributed by atoms with Crippen LogP contribution in [0.2, 0.25) is 0 Å². The van der Waals surface area contributed by atoms with Gasteiger partial charge in [-0.05, 0) is 46.5 Å². The number of aryl methyl sites for hydroxylation is 1. The first-order valence-corrected chi connectivity index (χ1v) is 9.54. The molecule has 0 aromatic carbocycles. The van der Waals surface area contributed by atoms with Crippen molar-refractivity contribution in [3.63, 3.8) is 0 Å². The van der Waals surface area contributed by atoms with Crippen LogP contribution in [-0.2, 0) is 16.0 Å². The zero-order valence-electron chi connectivity index (χ0n) is 16.1. The predicted octanol–water partition coefficient (Wildman–Crippen LogP) is 2.02. The highest BCUT2D eigenvalue weighted by Gasteiger charge is 2.42. The molecule has 26 heavy (non-hydrogen) atoms. The van der Waals surface area contributed by atoms with Crippen LogP contribution in [0.3, 0.4) is 0 Å². The van der Waals surface area contributed by atoms with Crippen LogP contribution < -0.4 is 5.32 Å². The van der Waals surface area contributed by atoms with Crippen molar-refractivity contribution in [3.05, 3.63) is 23.0 Å². The molecule has 1 amide bonds. The number of carbonyl (C=O) groups excluding carboxylic acids is 1. The zero-order chi connectivity index (χ0) is 18.6. The minimum atomic E-state index is -0.0649. The van der Waals surface area contributed by atoms with Gasteiger partial charge in [0.2, 0.25) is 5.91 Å². The number of rotatable bonds is 6. The van der Waals surface area contributed by atoms with Gasteiger partial charge in [0.15, 0.2) is 0 Å². The van der Waals surface area contributed by atoms with E-state index in [1.54, 1.807) is 6.92 Å². The fourth-order valence-corrected chi connectivity index (χ4v) is 3.71. The molecule has 2 fully saturated rings.